The van der Waals surface area contributed by atoms with E-state index in [9.17, 15) is 14.4 Å². The van der Waals surface area contributed by atoms with Crippen molar-refractivity contribution in [1.82, 2.24) is 0 Å². The number of allylic oxidation sites excluding steroid dienone is 14. The quantitative estimate of drug-likeness (QED) is 0.0261. The molecule has 0 fully saturated rings. The summed E-state index contributed by atoms with van der Waals surface area (Å²) in [5.41, 5.74) is 0. The van der Waals surface area contributed by atoms with Crippen LogP contribution in [0.25, 0.3) is 0 Å². The van der Waals surface area contributed by atoms with Gasteiger partial charge in [0, 0.05) is 19.3 Å². The van der Waals surface area contributed by atoms with Crippen molar-refractivity contribution in [2.75, 3.05) is 13.2 Å². The molecular formula is C67H116O6. The van der Waals surface area contributed by atoms with Crippen LogP contribution in [0.4, 0.5) is 0 Å². The zero-order valence-corrected chi connectivity index (χ0v) is 48.1. The molecule has 0 N–H and O–H groups in total. The van der Waals surface area contributed by atoms with Crippen LogP contribution in [0.5, 0.6) is 0 Å². The second-order valence-electron chi connectivity index (χ2n) is 20.6. The minimum absolute atomic E-state index is 0.0787. The Morgan fingerprint density at radius 3 is 0.849 bits per heavy atom. The second kappa shape index (κ2) is 61.1. The third-order valence-electron chi connectivity index (χ3n) is 13.4. The number of esters is 3. The van der Waals surface area contributed by atoms with Gasteiger partial charge in [0.1, 0.15) is 13.2 Å². The second-order valence-corrected chi connectivity index (χ2v) is 20.6. The van der Waals surface area contributed by atoms with E-state index in [1.165, 1.54) is 154 Å². The van der Waals surface area contributed by atoms with Crippen molar-refractivity contribution < 1.29 is 28.6 Å². The summed E-state index contributed by atoms with van der Waals surface area (Å²) in [6.07, 6.45) is 80.6. The van der Waals surface area contributed by atoms with E-state index in [1.807, 2.05) is 0 Å². The SMILES string of the molecule is CC/C=C\C/C=C\C/C=C\C/C=C\C/C=C\C/C=C\CCCCCCCCCCC(=O)OCC(COC(=O)CCCCCCC)OC(=O)CCCCCCCCCCCCC/C=C\CCCCCCCCCC. The molecule has 0 aliphatic heterocycles. The number of rotatable bonds is 56. The highest BCUT2D eigenvalue weighted by Crippen LogP contribution is 2.16. The predicted octanol–water partition coefficient (Wildman–Crippen LogP) is 21.1. The Balaban J connectivity index is 4.08. The monoisotopic (exact) mass is 1020 g/mol. The van der Waals surface area contributed by atoms with Crippen molar-refractivity contribution in [2.45, 2.75) is 309 Å². The molecule has 0 radical (unpaired) electrons. The summed E-state index contributed by atoms with van der Waals surface area (Å²) >= 11 is 0. The van der Waals surface area contributed by atoms with Gasteiger partial charge in [-0.15, -0.1) is 0 Å². The molecule has 0 amide bonds. The highest BCUT2D eigenvalue weighted by Gasteiger charge is 2.19. The van der Waals surface area contributed by atoms with Crippen LogP contribution in [0.15, 0.2) is 85.1 Å². The number of carbonyl (C=O) groups excluding carboxylic acids is 3. The Morgan fingerprint density at radius 1 is 0.288 bits per heavy atom. The zero-order chi connectivity index (χ0) is 52.9. The number of hydrogen-bond donors (Lipinski definition) is 0. The number of hydrogen-bond acceptors (Lipinski definition) is 6. The molecule has 0 aliphatic carbocycles. The summed E-state index contributed by atoms with van der Waals surface area (Å²) in [6, 6.07) is 0. The van der Waals surface area contributed by atoms with Crippen LogP contribution in [0, 0.1) is 0 Å². The first-order valence-electron chi connectivity index (χ1n) is 31.1. The van der Waals surface area contributed by atoms with Crippen LogP contribution in [-0.4, -0.2) is 37.2 Å². The molecule has 0 aromatic carbocycles. The van der Waals surface area contributed by atoms with Gasteiger partial charge in [-0.2, -0.15) is 0 Å². The van der Waals surface area contributed by atoms with E-state index in [1.54, 1.807) is 0 Å². The lowest BCUT2D eigenvalue weighted by molar-refractivity contribution is -0.167. The Morgan fingerprint density at radius 2 is 0.534 bits per heavy atom. The molecule has 420 valence electrons. The van der Waals surface area contributed by atoms with Crippen LogP contribution < -0.4 is 0 Å². The maximum Gasteiger partial charge on any atom is 0.306 e. The Hall–Kier alpha value is -3.41. The van der Waals surface area contributed by atoms with Gasteiger partial charge in [0.15, 0.2) is 6.10 Å². The third kappa shape index (κ3) is 59.3. The molecule has 0 bridgehead atoms. The van der Waals surface area contributed by atoms with Gasteiger partial charge in [-0.1, -0.05) is 273 Å². The normalized spacial score (nSPS) is 12.6. The number of unbranched alkanes of at least 4 members (excludes halogenated alkanes) is 31. The summed E-state index contributed by atoms with van der Waals surface area (Å²) < 4.78 is 16.8. The van der Waals surface area contributed by atoms with Gasteiger partial charge in [0.25, 0.3) is 0 Å². The summed E-state index contributed by atoms with van der Waals surface area (Å²) in [4.78, 5) is 37.9. The summed E-state index contributed by atoms with van der Waals surface area (Å²) in [6.45, 7) is 6.46. The average Bonchev–Trinajstić information content (AvgIpc) is 3.39. The number of ether oxygens (including phenoxy) is 3. The van der Waals surface area contributed by atoms with E-state index in [-0.39, 0.29) is 31.1 Å². The largest absolute Gasteiger partial charge is 0.462 e. The Labute approximate surface area is 452 Å². The lowest BCUT2D eigenvalue weighted by Crippen LogP contribution is -2.30. The molecule has 0 aromatic heterocycles. The number of carbonyl (C=O) groups is 3. The van der Waals surface area contributed by atoms with Gasteiger partial charge in [-0.25, -0.2) is 0 Å². The first-order valence-corrected chi connectivity index (χ1v) is 31.1. The molecule has 0 heterocycles. The van der Waals surface area contributed by atoms with Crippen molar-refractivity contribution in [2.24, 2.45) is 0 Å². The van der Waals surface area contributed by atoms with Crippen LogP contribution in [0.3, 0.4) is 0 Å². The molecule has 0 rings (SSSR count). The highest BCUT2D eigenvalue weighted by molar-refractivity contribution is 5.71. The molecule has 1 unspecified atom stereocenters. The summed E-state index contributed by atoms with van der Waals surface area (Å²) in [5.74, 6) is -0.893. The van der Waals surface area contributed by atoms with Crippen molar-refractivity contribution in [1.29, 1.82) is 0 Å². The van der Waals surface area contributed by atoms with Gasteiger partial charge >= 0.3 is 17.9 Å². The minimum atomic E-state index is -0.777. The topological polar surface area (TPSA) is 78.9 Å². The van der Waals surface area contributed by atoms with E-state index in [0.29, 0.717) is 19.3 Å². The molecule has 0 aliphatic rings. The fourth-order valence-corrected chi connectivity index (χ4v) is 8.74. The van der Waals surface area contributed by atoms with Gasteiger partial charge < -0.3 is 14.2 Å². The van der Waals surface area contributed by atoms with E-state index in [4.69, 9.17) is 14.2 Å². The minimum Gasteiger partial charge on any atom is -0.462 e. The molecule has 6 heteroatoms. The van der Waals surface area contributed by atoms with Crippen molar-refractivity contribution in [3.63, 3.8) is 0 Å². The first-order chi connectivity index (χ1) is 36.0. The smallest absolute Gasteiger partial charge is 0.306 e. The predicted molar refractivity (Wildman–Crippen MR) is 316 cm³/mol. The van der Waals surface area contributed by atoms with Gasteiger partial charge in [0.2, 0.25) is 0 Å². The van der Waals surface area contributed by atoms with E-state index >= 15 is 0 Å². The third-order valence-corrected chi connectivity index (χ3v) is 13.4. The summed E-state index contributed by atoms with van der Waals surface area (Å²) in [7, 11) is 0. The van der Waals surface area contributed by atoms with E-state index < -0.39 is 6.10 Å². The van der Waals surface area contributed by atoms with E-state index in [0.717, 1.165) is 109 Å². The molecule has 1 atom stereocenters. The Bertz CT molecular complexity index is 1400. The lowest BCUT2D eigenvalue weighted by Gasteiger charge is -2.18. The molecule has 6 nitrogen and oxygen atoms in total. The average molecular weight is 1020 g/mol. The maximum atomic E-state index is 12.8. The fraction of sp³-hybridized carbons (Fsp3) is 0.746. The standard InChI is InChI=1S/C67H116O6/c1-4-7-10-13-15-17-19-21-23-25-27-29-31-32-33-34-36-37-39-41-43-45-47-49-51-54-57-60-66(69)72-63-64(62-71-65(68)59-56-53-12-9-6-3)73-67(70)61-58-55-52-50-48-46-44-42-40-38-35-30-28-26-24-22-20-18-16-14-11-8-5-2/h7,10,15,17,21,23,26-29,32-33,36-37,64H,4-6,8-9,11-14,16,18-20,22,24-25,30-31,34-35,38-63H2,1-3H3/b10-7-,17-15-,23-21-,28-26-,29-27-,33-32-,37-36-. The van der Waals surface area contributed by atoms with Crippen LogP contribution in [-0.2, 0) is 28.6 Å². The Kier molecular flexibility index (Phi) is 58.3. The molecule has 73 heavy (non-hydrogen) atoms. The van der Waals surface area contributed by atoms with Gasteiger partial charge in [-0.05, 0) is 96.3 Å². The molecule has 0 spiro atoms. The van der Waals surface area contributed by atoms with Gasteiger partial charge in [0.05, 0.1) is 0 Å². The highest BCUT2D eigenvalue weighted by atomic mass is 16.6. The summed E-state index contributed by atoms with van der Waals surface area (Å²) in [5, 5.41) is 0. The fourth-order valence-electron chi connectivity index (χ4n) is 8.74. The van der Waals surface area contributed by atoms with Crippen molar-refractivity contribution >= 4 is 17.9 Å². The maximum absolute atomic E-state index is 12.8. The molecular weight excluding hydrogens is 901 g/mol. The molecule has 0 aromatic rings. The first kappa shape index (κ1) is 69.6. The van der Waals surface area contributed by atoms with Gasteiger partial charge in [-0.3, -0.25) is 14.4 Å². The molecule has 0 saturated carbocycles. The van der Waals surface area contributed by atoms with E-state index in [2.05, 4.69) is 106 Å². The lowest BCUT2D eigenvalue weighted by atomic mass is 10.0. The van der Waals surface area contributed by atoms with Crippen LogP contribution in [0.2, 0.25) is 0 Å². The molecule has 0 saturated heterocycles. The zero-order valence-electron chi connectivity index (χ0n) is 48.1. The van der Waals surface area contributed by atoms with Crippen molar-refractivity contribution in [3.8, 4) is 0 Å². The van der Waals surface area contributed by atoms with Crippen LogP contribution >= 0.6 is 0 Å². The van der Waals surface area contributed by atoms with Crippen molar-refractivity contribution in [3.05, 3.63) is 85.1 Å². The van der Waals surface area contributed by atoms with Crippen LogP contribution in [0.1, 0.15) is 303 Å².